The van der Waals surface area contributed by atoms with E-state index in [2.05, 4.69) is 26.6 Å². The number of Topliss-reactive ketones (excluding diaryl/α,β-unsaturated/α-hetero) is 1. The first-order valence-electron chi connectivity index (χ1n) is 33.6. The number of ether oxygens (including phenoxy) is 6. The molecule has 8 rings (SSSR count). The normalized spacial score (nSPS) is 24.5. The molecule has 2 bridgehead atoms. The number of aliphatic hydroxyl groups excluding tert-OH is 1. The fourth-order valence-corrected chi connectivity index (χ4v) is 14.1. The average Bonchev–Trinajstić information content (AvgIpc) is 0.669. The minimum atomic E-state index is -2.57. The number of nitrogens with one attached hydrogen (secondary N) is 5. The Balaban J connectivity index is 0.982. The van der Waals surface area contributed by atoms with Gasteiger partial charge in [0.1, 0.15) is 48.1 Å². The number of hydrogen-bond donors (Lipinski definition) is 9. The number of fused-ring (bicyclic) bond motifs is 5. The van der Waals surface area contributed by atoms with E-state index >= 15 is 9.59 Å². The number of amides is 7. The molecule has 4 aliphatic rings. The Morgan fingerprint density at radius 3 is 1.92 bits per heavy atom. The van der Waals surface area contributed by atoms with Crippen LogP contribution in [0.25, 0.3) is 6.08 Å². The zero-order chi connectivity index (χ0) is 75.3. The van der Waals surface area contributed by atoms with Crippen LogP contribution in [0.5, 0.6) is 0 Å². The van der Waals surface area contributed by atoms with Crippen LogP contribution in [0.4, 0.5) is 0 Å². The van der Waals surface area contributed by atoms with Crippen molar-refractivity contribution in [1.29, 1.82) is 0 Å². The van der Waals surface area contributed by atoms with Crippen LogP contribution >= 0.6 is 11.6 Å². The summed E-state index contributed by atoms with van der Waals surface area (Å²) < 4.78 is 37.0. The molecule has 1 aliphatic heterocycles. The van der Waals surface area contributed by atoms with Gasteiger partial charge in [-0.25, -0.2) is 9.59 Å². The van der Waals surface area contributed by atoms with E-state index in [1.165, 1.54) is 83.2 Å². The number of carbonyl (C=O) groups is 13. The highest BCUT2D eigenvalue weighted by atomic mass is 35.5. The van der Waals surface area contributed by atoms with E-state index in [1.54, 1.807) is 78.9 Å². The van der Waals surface area contributed by atoms with Crippen LogP contribution in [0.1, 0.15) is 144 Å². The third kappa shape index (κ3) is 18.2. The van der Waals surface area contributed by atoms with Gasteiger partial charge in [0.05, 0.1) is 36.0 Å². The summed E-state index contributed by atoms with van der Waals surface area (Å²) in [7, 11) is 0. The lowest BCUT2D eigenvalue weighted by Gasteiger charge is -2.67. The van der Waals surface area contributed by atoms with Crippen molar-refractivity contribution in [3.05, 3.63) is 160 Å². The van der Waals surface area contributed by atoms with E-state index in [0.717, 1.165) is 13.8 Å². The predicted octanol–water partition coefficient (Wildman–Crippen LogP) is 3.95. The average molecular weight is 1440 g/mol. The molecule has 0 spiro atoms. The van der Waals surface area contributed by atoms with Crippen LogP contribution in [0.2, 0.25) is 5.02 Å². The lowest BCUT2D eigenvalue weighted by molar-refractivity contribution is -0.346. The topological polar surface area (TPSA) is 430 Å². The molecule has 14 atom stereocenters. The molecule has 3 aliphatic carbocycles. The fraction of sp³-hybridized carbons (Fsp3) is 0.446. The Labute approximate surface area is 599 Å². The number of ketones is 1. The number of carbonyl (C=O) groups excluding carboxylic acids is 13. The Morgan fingerprint density at radius 1 is 0.718 bits per heavy atom. The van der Waals surface area contributed by atoms with Crippen molar-refractivity contribution in [1.82, 2.24) is 26.6 Å². The van der Waals surface area contributed by atoms with Gasteiger partial charge >= 0.3 is 29.8 Å². The van der Waals surface area contributed by atoms with Gasteiger partial charge in [0.25, 0.3) is 5.91 Å². The van der Waals surface area contributed by atoms with E-state index in [0.29, 0.717) is 10.6 Å². The van der Waals surface area contributed by atoms with E-state index in [9.17, 15) is 63.0 Å². The summed E-state index contributed by atoms with van der Waals surface area (Å²) >= 11 is 5.90. The summed E-state index contributed by atoms with van der Waals surface area (Å²) in [5.41, 5.74) is 3.57. The zero-order valence-electron chi connectivity index (χ0n) is 57.9. The second-order valence-corrected chi connectivity index (χ2v) is 27.2. The molecule has 29 heteroatoms. The van der Waals surface area contributed by atoms with E-state index in [4.69, 9.17) is 51.5 Å². The molecule has 3 fully saturated rings. The number of hydrogen-bond acceptors (Lipinski definition) is 21. The van der Waals surface area contributed by atoms with Crippen molar-refractivity contribution in [2.75, 3.05) is 13.2 Å². The van der Waals surface area contributed by atoms with Gasteiger partial charge in [-0.15, -0.1) is 0 Å². The Morgan fingerprint density at radius 2 is 1.33 bits per heavy atom. The van der Waals surface area contributed by atoms with Gasteiger partial charge < -0.3 is 76.7 Å². The summed E-state index contributed by atoms with van der Waals surface area (Å²) in [6.07, 6.45) is -10.3. The maximum atomic E-state index is 15.9. The molecule has 4 aromatic carbocycles. The van der Waals surface area contributed by atoms with Gasteiger partial charge in [-0.3, -0.25) is 52.7 Å². The smallest absolute Gasteiger partial charge is 0.350 e. The van der Waals surface area contributed by atoms with Crippen LogP contribution in [0.3, 0.4) is 0 Å². The molecule has 0 aromatic heterocycles. The number of aliphatic hydroxyl groups is 2. The Kier molecular flexibility index (Phi) is 25.7. The standard InChI is InChI=1S/C74H86ClN7O21/c1-40-51(38-74(97)64(102-69(95)47-23-15-10-16-24-47)62-72(7,52(85)37-53-73(62,39-98-53)103-43(4)84)63(90)60(99-42(3)83)58(40)71(74,5)6)100-70(96)61(59(45-19-11-8-12-20-45)82-68(94)46-21-13-9-14-22-46)101-57(89)35-34-54(86)78-36-18-17-25-49(65(76)91)80-56(88)33-31-50(66(77)92)81-67(93)41(2)79-55(87)32-28-44-26-29-48(75)30-27-44/h8-16,19-24,26-30,32,41,49-53,59-62,64,85,97H,17-18,25,31,33-39H2,1-7H3,(H2,76,91)(H2,77,92)(H,78,86)(H,79,87)(H,80,88)(H,81,93)(H,82,94)/b32-28+/t41?,49?,50-,51-,52-,53+,59+,60-,61+,62-,64-,72+,73-,74+/m0/s1. The number of rotatable bonds is 30. The van der Waals surface area contributed by atoms with Crippen molar-refractivity contribution < 1.29 is 101 Å². The molecule has 2 unspecified atom stereocenters. The molecule has 28 nitrogen and oxygen atoms in total. The largest absolute Gasteiger partial charge is 0.455 e. The van der Waals surface area contributed by atoms with Gasteiger partial charge in [0.2, 0.25) is 41.5 Å². The Bertz CT molecular complexity index is 3930. The molecular formula is C74H86ClN7O21. The molecule has 0 radical (unpaired) electrons. The van der Waals surface area contributed by atoms with Gasteiger partial charge in [0.15, 0.2) is 17.5 Å². The summed E-state index contributed by atoms with van der Waals surface area (Å²) in [4.78, 5) is 178. The first kappa shape index (κ1) is 78.6. The molecule has 7 amide bonds. The fourth-order valence-electron chi connectivity index (χ4n) is 14.0. The van der Waals surface area contributed by atoms with Crippen LogP contribution in [0.15, 0.2) is 132 Å². The van der Waals surface area contributed by atoms with Crippen LogP contribution < -0.4 is 38.1 Å². The summed E-state index contributed by atoms with van der Waals surface area (Å²) in [5, 5.41) is 39.8. The monoisotopic (exact) mass is 1440 g/mol. The maximum absolute atomic E-state index is 15.9. The van der Waals surface area contributed by atoms with Gasteiger partial charge in [-0.1, -0.05) is 104 Å². The van der Waals surface area contributed by atoms with E-state index in [-0.39, 0.29) is 72.9 Å². The van der Waals surface area contributed by atoms with E-state index in [1.807, 2.05) is 0 Å². The molecule has 1 heterocycles. The quantitative estimate of drug-likeness (QED) is 0.0117. The molecule has 1 saturated heterocycles. The third-order valence-corrected chi connectivity index (χ3v) is 19.8. The second kappa shape index (κ2) is 33.8. The third-order valence-electron chi connectivity index (χ3n) is 19.6. The minimum absolute atomic E-state index is 0.00224. The van der Waals surface area contributed by atoms with Crippen molar-refractivity contribution in [2.45, 2.75) is 178 Å². The molecule has 103 heavy (non-hydrogen) atoms. The highest BCUT2D eigenvalue weighted by Gasteiger charge is 2.78. The van der Waals surface area contributed by atoms with Gasteiger partial charge in [-0.2, -0.15) is 0 Å². The Hall–Kier alpha value is -10.2. The lowest BCUT2D eigenvalue weighted by atomic mass is 9.44. The number of unbranched alkanes of at least 4 members (excludes halogenated alkanes) is 1. The van der Waals surface area contributed by atoms with E-state index < -0.39 is 192 Å². The first-order chi connectivity index (χ1) is 48.7. The molecular weight excluding hydrogens is 1360 g/mol. The molecule has 2 saturated carbocycles. The van der Waals surface area contributed by atoms with Crippen molar-refractivity contribution in [2.24, 2.45) is 28.2 Å². The number of benzene rings is 4. The minimum Gasteiger partial charge on any atom is -0.455 e. The number of primary amides is 2. The van der Waals surface area contributed by atoms with Crippen LogP contribution in [0, 0.1) is 16.7 Å². The second-order valence-electron chi connectivity index (χ2n) is 26.8. The van der Waals surface area contributed by atoms with Crippen molar-refractivity contribution in [3.63, 3.8) is 0 Å². The summed E-state index contributed by atoms with van der Waals surface area (Å²) in [6.45, 7) is 8.90. The number of esters is 5. The van der Waals surface area contributed by atoms with Crippen LogP contribution in [-0.2, 0) is 81.2 Å². The predicted molar refractivity (Wildman–Crippen MR) is 367 cm³/mol. The molecule has 4 aromatic rings. The van der Waals surface area contributed by atoms with Gasteiger partial charge in [0, 0.05) is 68.2 Å². The number of nitrogens with two attached hydrogens (primary N) is 2. The van der Waals surface area contributed by atoms with Crippen molar-refractivity contribution >= 4 is 94.7 Å². The zero-order valence-corrected chi connectivity index (χ0v) is 58.7. The summed E-state index contributed by atoms with van der Waals surface area (Å²) in [6, 6.07) is 24.7. The highest BCUT2D eigenvalue weighted by molar-refractivity contribution is 6.30. The molecule has 550 valence electrons. The van der Waals surface area contributed by atoms with Crippen molar-refractivity contribution in [3.8, 4) is 0 Å². The number of halogens is 1. The SMILES string of the molecule is CC(=O)O[C@@H]1C(=O)[C@@]2(C)[C@H]([C@H](OC(=O)c3ccccc3)[C@]3(O)C[C@H](OC(=O)[C@H](OC(=O)CCC(=O)NCCCCC(NC(=O)CC[C@H](NC(=O)C(C)NC(=O)/C=C/c4ccc(Cl)cc4)C(N)=O)C(N)=O)[C@H](NC(=O)c4ccccc4)c4ccccc4)C(C)=C1C3(C)C)[C@]1(OC(C)=O)CO[C@@H]1C[C@@H]2O. The first-order valence-corrected chi connectivity index (χ1v) is 34.0. The maximum Gasteiger partial charge on any atom is 0.350 e. The lowest BCUT2D eigenvalue weighted by Crippen LogP contribution is -2.82. The summed E-state index contributed by atoms with van der Waals surface area (Å²) in [5.74, 6) is -13.4. The molecule has 11 N–H and O–H groups in total. The van der Waals surface area contributed by atoms with Gasteiger partial charge in [-0.05, 0) is 111 Å². The highest BCUT2D eigenvalue weighted by Crippen LogP contribution is 2.64. The van der Waals surface area contributed by atoms with Crippen LogP contribution in [-0.4, -0.2) is 166 Å².